The molecule has 0 fully saturated rings. The second-order valence-corrected chi connectivity index (χ2v) is 6.42. The summed E-state index contributed by atoms with van der Waals surface area (Å²) < 4.78 is 54.2. The molecular weight excluding hydrogens is 312 g/mol. The third-order valence-electron chi connectivity index (χ3n) is 3.27. The lowest BCUT2D eigenvalue weighted by Crippen LogP contribution is -2.32. The van der Waals surface area contributed by atoms with Crippen LogP contribution in [0.1, 0.15) is 17.2 Å². The minimum absolute atomic E-state index is 0.0163. The fourth-order valence-electron chi connectivity index (χ4n) is 2.09. The third kappa shape index (κ3) is 3.32. The molecule has 7 heteroatoms. The molecule has 2 rings (SSSR count). The number of rotatable bonds is 5. The molecular formula is C15H15F2NO3S. The molecule has 0 radical (unpaired) electrons. The summed E-state index contributed by atoms with van der Waals surface area (Å²) in [6.45, 7) is 0.704. The third-order valence-corrected chi connectivity index (χ3v) is 4.88. The van der Waals surface area contributed by atoms with Crippen LogP contribution in [0.2, 0.25) is 0 Å². The molecule has 0 heterocycles. The van der Waals surface area contributed by atoms with E-state index >= 15 is 0 Å². The van der Waals surface area contributed by atoms with Crippen LogP contribution in [0.15, 0.2) is 47.4 Å². The Kier molecular flexibility index (Phi) is 4.90. The molecule has 0 aromatic heterocycles. The molecule has 2 aromatic rings. The van der Waals surface area contributed by atoms with Gasteiger partial charge in [0.15, 0.2) is 0 Å². The number of hydrogen-bond donors (Lipinski definition) is 2. The quantitative estimate of drug-likeness (QED) is 0.885. The molecule has 0 bridgehead atoms. The maximum atomic E-state index is 13.7. The van der Waals surface area contributed by atoms with Gasteiger partial charge in [-0.3, -0.25) is 0 Å². The van der Waals surface area contributed by atoms with Gasteiger partial charge in [0.2, 0.25) is 10.0 Å². The standard InChI is InChI=1S/C15H15F2NO3S/c1-10-12(16)7-4-8-15(10)22(20,21)18-14(9-19)11-5-2-3-6-13(11)17/h2-8,14,18-19H,9H2,1H3/t14-/m1/s1. The highest BCUT2D eigenvalue weighted by Crippen LogP contribution is 2.22. The first-order valence-electron chi connectivity index (χ1n) is 6.49. The van der Waals surface area contributed by atoms with Crippen LogP contribution >= 0.6 is 0 Å². The van der Waals surface area contributed by atoms with Gasteiger partial charge in [-0.05, 0) is 25.1 Å². The van der Waals surface area contributed by atoms with E-state index in [1.165, 1.54) is 43.3 Å². The molecule has 0 spiro atoms. The maximum absolute atomic E-state index is 13.7. The largest absolute Gasteiger partial charge is 0.394 e. The molecule has 1 atom stereocenters. The van der Waals surface area contributed by atoms with Crippen molar-refractivity contribution in [2.24, 2.45) is 0 Å². The Morgan fingerprint density at radius 1 is 1.09 bits per heavy atom. The lowest BCUT2D eigenvalue weighted by Gasteiger charge is -2.18. The van der Waals surface area contributed by atoms with Crippen LogP contribution < -0.4 is 4.72 Å². The van der Waals surface area contributed by atoms with E-state index < -0.39 is 34.3 Å². The molecule has 0 saturated heterocycles. The summed E-state index contributed by atoms with van der Waals surface area (Å²) in [5.74, 6) is -1.30. The Morgan fingerprint density at radius 3 is 2.36 bits per heavy atom. The lowest BCUT2D eigenvalue weighted by molar-refractivity contribution is 0.256. The van der Waals surface area contributed by atoms with Crippen molar-refractivity contribution in [1.29, 1.82) is 0 Å². The first kappa shape index (κ1) is 16.5. The van der Waals surface area contributed by atoms with E-state index in [0.29, 0.717) is 0 Å². The molecule has 118 valence electrons. The highest BCUT2D eigenvalue weighted by Gasteiger charge is 2.25. The van der Waals surface area contributed by atoms with E-state index in [2.05, 4.69) is 4.72 Å². The van der Waals surface area contributed by atoms with Crippen LogP contribution in [0, 0.1) is 18.6 Å². The van der Waals surface area contributed by atoms with Gasteiger partial charge in [0.25, 0.3) is 0 Å². The average Bonchev–Trinajstić information content (AvgIpc) is 2.48. The van der Waals surface area contributed by atoms with Gasteiger partial charge >= 0.3 is 0 Å². The highest BCUT2D eigenvalue weighted by molar-refractivity contribution is 7.89. The first-order valence-corrected chi connectivity index (χ1v) is 7.98. The molecule has 22 heavy (non-hydrogen) atoms. The number of sulfonamides is 1. The van der Waals surface area contributed by atoms with Crippen LogP contribution in [0.5, 0.6) is 0 Å². The summed E-state index contributed by atoms with van der Waals surface area (Å²) in [5, 5.41) is 9.37. The number of halogens is 2. The Morgan fingerprint density at radius 2 is 1.73 bits per heavy atom. The van der Waals surface area contributed by atoms with E-state index in [-0.39, 0.29) is 16.0 Å². The van der Waals surface area contributed by atoms with Crippen LogP contribution in [-0.2, 0) is 10.0 Å². The molecule has 0 aliphatic heterocycles. The van der Waals surface area contributed by atoms with Crippen molar-refractivity contribution in [1.82, 2.24) is 4.72 Å². The molecule has 2 aromatic carbocycles. The fourth-order valence-corrected chi connectivity index (χ4v) is 3.55. The van der Waals surface area contributed by atoms with Crippen molar-refractivity contribution in [2.75, 3.05) is 6.61 Å². The summed E-state index contributed by atoms with van der Waals surface area (Å²) in [7, 11) is -4.11. The molecule has 0 saturated carbocycles. The fraction of sp³-hybridized carbons (Fsp3) is 0.200. The Balaban J connectivity index is 2.39. The van der Waals surface area contributed by atoms with Crippen molar-refractivity contribution in [3.8, 4) is 0 Å². The van der Waals surface area contributed by atoms with E-state index in [4.69, 9.17) is 0 Å². The number of aliphatic hydroxyl groups excluding tert-OH is 1. The number of hydrogen-bond acceptors (Lipinski definition) is 3. The minimum Gasteiger partial charge on any atom is -0.394 e. The van der Waals surface area contributed by atoms with Gasteiger partial charge in [-0.15, -0.1) is 0 Å². The summed E-state index contributed by atoms with van der Waals surface area (Å²) in [6, 6.07) is 8.03. The molecule has 4 nitrogen and oxygen atoms in total. The second-order valence-electron chi connectivity index (χ2n) is 4.74. The van der Waals surface area contributed by atoms with E-state index in [0.717, 1.165) is 6.07 Å². The predicted molar refractivity (Wildman–Crippen MR) is 77.7 cm³/mol. The SMILES string of the molecule is Cc1c(F)cccc1S(=O)(=O)N[C@H](CO)c1ccccc1F. The van der Waals surface area contributed by atoms with Gasteiger partial charge in [0.1, 0.15) is 11.6 Å². The van der Waals surface area contributed by atoms with Crippen molar-refractivity contribution >= 4 is 10.0 Å². The molecule has 0 aliphatic carbocycles. The molecule has 0 unspecified atom stereocenters. The lowest BCUT2D eigenvalue weighted by atomic mass is 10.1. The molecule has 0 aliphatic rings. The van der Waals surface area contributed by atoms with Gasteiger partial charge in [-0.1, -0.05) is 24.3 Å². The van der Waals surface area contributed by atoms with Gasteiger partial charge in [-0.25, -0.2) is 21.9 Å². The first-order chi connectivity index (χ1) is 10.4. The number of aliphatic hydroxyl groups is 1. The minimum atomic E-state index is -4.11. The number of benzene rings is 2. The normalized spacial score (nSPS) is 13.1. The van der Waals surface area contributed by atoms with E-state index in [1.54, 1.807) is 0 Å². The van der Waals surface area contributed by atoms with Crippen molar-refractivity contribution in [3.05, 3.63) is 65.2 Å². The van der Waals surface area contributed by atoms with Gasteiger partial charge in [-0.2, -0.15) is 0 Å². The van der Waals surface area contributed by atoms with Gasteiger partial charge in [0, 0.05) is 11.1 Å². The predicted octanol–water partition coefficient (Wildman–Crippen LogP) is 2.29. The van der Waals surface area contributed by atoms with Crippen LogP contribution in [0.3, 0.4) is 0 Å². The van der Waals surface area contributed by atoms with Crippen LogP contribution in [-0.4, -0.2) is 20.1 Å². The smallest absolute Gasteiger partial charge is 0.241 e. The number of nitrogens with one attached hydrogen (secondary N) is 1. The van der Waals surface area contributed by atoms with Crippen LogP contribution in [0.25, 0.3) is 0 Å². The van der Waals surface area contributed by atoms with Crippen molar-refractivity contribution in [3.63, 3.8) is 0 Å². The zero-order valence-electron chi connectivity index (χ0n) is 11.8. The van der Waals surface area contributed by atoms with Crippen LogP contribution in [0.4, 0.5) is 8.78 Å². The molecule has 2 N–H and O–H groups in total. The van der Waals surface area contributed by atoms with Gasteiger partial charge in [0.05, 0.1) is 17.5 Å². The summed E-state index contributed by atoms with van der Waals surface area (Å²) in [6.07, 6.45) is 0. The summed E-state index contributed by atoms with van der Waals surface area (Å²) in [4.78, 5) is -0.248. The maximum Gasteiger partial charge on any atom is 0.241 e. The van der Waals surface area contributed by atoms with E-state index in [9.17, 15) is 22.3 Å². The summed E-state index contributed by atoms with van der Waals surface area (Å²) in [5.41, 5.74) is -0.0251. The molecule has 0 amide bonds. The van der Waals surface area contributed by atoms with Crippen molar-refractivity contribution in [2.45, 2.75) is 17.9 Å². The topological polar surface area (TPSA) is 66.4 Å². The van der Waals surface area contributed by atoms with Crippen molar-refractivity contribution < 1.29 is 22.3 Å². The zero-order chi connectivity index (χ0) is 16.3. The zero-order valence-corrected chi connectivity index (χ0v) is 12.6. The van der Waals surface area contributed by atoms with Gasteiger partial charge < -0.3 is 5.11 Å². The average molecular weight is 327 g/mol. The second kappa shape index (κ2) is 6.51. The van der Waals surface area contributed by atoms with E-state index in [1.807, 2.05) is 0 Å². The Bertz CT molecular complexity index is 778. The highest BCUT2D eigenvalue weighted by atomic mass is 32.2. The summed E-state index contributed by atoms with van der Waals surface area (Å²) >= 11 is 0. The Labute approximate surface area is 127 Å². The monoisotopic (exact) mass is 327 g/mol. The Hall–Kier alpha value is -1.83.